The van der Waals surface area contributed by atoms with Gasteiger partial charge in [0.25, 0.3) is 0 Å². The van der Waals surface area contributed by atoms with Gasteiger partial charge in [0, 0.05) is 21.7 Å². The summed E-state index contributed by atoms with van der Waals surface area (Å²) in [7, 11) is 0. The van der Waals surface area contributed by atoms with Crippen molar-refractivity contribution < 1.29 is 4.79 Å². The molecule has 0 radical (unpaired) electrons. The van der Waals surface area contributed by atoms with Gasteiger partial charge in [-0.2, -0.15) is 0 Å². The third-order valence-electron chi connectivity index (χ3n) is 3.83. The van der Waals surface area contributed by atoms with Crippen molar-refractivity contribution in [2.24, 2.45) is 5.92 Å². The second-order valence-electron chi connectivity index (χ2n) is 5.58. The van der Waals surface area contributed by atoms with Crippen LogP contribution < -0.4 is 16.2 Å². The van der Waals surface area contributed by atoms with Gasteiger partial charge in [0.15, 0.2) is 5.11 Å². The number of anilines is 1. The molecule has 3 rings (SSSR count). The van der Waals surface area contributed by atoms with E-state index in [1.54, 1.807) is 24.3 Å². The molecule has 1 aliphatic rings. The quantitative estimate of drug-likeness (QED) is 0.554. The van der Waals surface area contributed by atoms with Gasteiger partial charge >= 0.3 is 0 Å². The first-order valence-corrected chi connectivity index (χ1v) is 8.57. The molecule has 1 fully saturated rings. The number of rotatable bonds is 3. The number of thiocarbonyl (C=S) groups is 1. The van der Waals surface area contributed by atoms with Gasteiger partial charge in [0.2, 0.25) is 5.91 Å². The number of nitrogens with one attached hydrogen (secondary N) is 3. The number of carbonyl (C=O) groups excluding carboxylic acids is 1. The zero-order valence-corrected chi connectivity index (χ0v) is 14.9. The lowest BCUT2D eigenvalue weighted by Gasteiger charge is -2.11. The smallest absolute Gasteiger partial charge is 0.242 e. The van der Waals surface area contributed by atoms with Gasteiger partial charge in [-0.25, -0.2) is 0 Å². The lowest BCUT2D eigenvalue weighted by atomic mass is 10.1. The van der Waals surface area contributed by atoms with Crippen molar-refractivity contribution in [3.05, 3.63) is 64.1 Å². The van der Waals surface area contributed by atoms with Gasteiger partial charge in [-0.1, -0.05) is 35.3 Å². The molecule has 0 bridgehead atoms. The van der Waals surface area contributed by atoms with Crippen molar-refractivity contribution in [1.29, 1.82) is 0 Å². The minimum atomic E-state index is -0.0739. The van der Waals surface area contributed by atoms with E-state index < -0.39 is 0 Å². The Hall–Kier alpha value is -1.82. The molecule has 0 saturated heterocycles. The number of amides is 1. The standard InChI is InChI=1S/C17H15Cl2N3OS/c18-11-3-1-10(2-4-11)14-9-15(14)16(23)21-22-17(24)20-13-7-5-12(19)6-8-13/h1-8,14-15H,9H2,(H,21,23)(H2,20,22,24)/t14-,15+/m1/s1. The first-order valence-electron chi connectivity index (χ1n) is 7.41. The molecule has 0 heterocycles. The normalized spacial score (nSPS) is 18.6. The molecule has 3 N–H and O–H groups in total. The Morgan fingerprint density at radius 3 is 2.17 bits per heavy atom. The van der Waals surface area contributed by atoms with E-state index in [4.69, 9.17) is 35.4 Å². The fourth-order valence-corrected chi connectivity index (χ4v) is 2.89. The van der Waals surface area contributed by atoms with E-state index in [-0.39, 0.29) is 17.7 Å². The van der Waals surface area contributed by atoms with E-state index in [0.29, 0.717) is 15.2 Å². The molecule has 2 aromatic rings. The van der Waals surface area contributed by atoms with E-state index in [9.17, 15) is 4.79 Å². The number of carbonyl (C=O) groups is 1. The molecule has 2 atom stereocenters. The molecule has 0 spiro atoms. The van der Waals surface area contributed by atoms with E-state index in [1.807, 2.05) is 24.3 Å². The van der Waals surface area contributed by atoms with Gasteiger partial charge < -0.3 is 5.32 Å². The maximum Gasteiger partial charge on any atom is 0.242 e. The molecule has 7 heteroatoms. The predicted molar refractivity (Wildman–Crippen MR) is 101 cm³/mol. The molecular weight excluding hydrogens is 365 g/mol. The molecule has 2 aromatic carbocycles. The van der Waals surface area contributed by atoms with Crippen LogP contribution in [0.1, 0.15) is 17.9 Å². The van der Waals surface area contributed by atoms with Gasteiger partial charge in [-0.3, -0.25) is 15.6 Å². The summed E-state index contributed by atoms with van der Waals surface area (Å²) < 4.78 is 0. The van der Waals surface area contributed by atoms with E-state index in [1.165, 1.54) is 0 Å². The van der Waals surface area contributed by atoms with Crippen LogP contribution in [0.25, 0.3) is 0 Å². The molecule has 1 saturated carbocycles. The van der Waals surface area contributed by atoms with Crippen molar-refractivity contribution in [2.45, 2.75) is 12.3 Å². The summed E-state index contributed by atoms with van der Waals surface area (Å²) in [6.07, 6.45) is 0.826. The average molecular weight is 380 g/mol. The highest BCUT2D eigenvalue weighted by Crippen LogP contribution is 2.47. The molecule has 0 unspecified atom stereocenters. The highest BCUT2D eigenvalue weighted by Gasteiger charge is 2.43. The third-order valence-corrected chi connectivity index (χ3v) is 4.53. The van der Waals surface area contributed by atoms with E-state index >= 15 is 0 Å². The number of hydrogen-bond acceptors (Lipinski definition) is 2. The Morgan fingerprint density at radius 2 is 1.54 bits per heavy atom. The maximum absolute atomic E-state index is 12.2. The topological polar surface area (TPSA) is 53.2 Å². The van der Waals surface area contributed by atoms with Crippen molar-refractivity contribution in [1.82, 2.24) is 10.9 Å². The SMILES string of the molecule is O=C(NNC(=S)Nc1ccc(Cl)cc1)[C@H]1C[C@@H]1c1ccc(Cl)cc1. The number of hydrazine groups is 1. The lowest BCUT2D eigenvalue weighted by Crippen LogP contribution is -2.44. The first kappa shape index (κ1) is 17.0. The minimum Gasteiger partial charge on any atom is -0.331 e. The highest BCUT2D eigenvalue weighted by molar-refractivity contribution is 7.80. The fraction of sp³-hybridized carbons (Fsp3) is 0.176. The summed E-state index contributed by atoms with van der Waals surface area (Å²) in [6.45, 7) is 0. The van der Waals surface area contributed by atoms with Crippen LogP contribution in [0, 0.1) is 5.92 Å². The van der Waals surface area contributed by atoms with Crippen molar-refractivity contribution in [3.8, 4) is 0 Å². The average Bonchev–Trinajstić information content (AvgIpc) is 3.36. The monoisotopic (exact) mass is 379 g/mol. The summed E-state index contributed by atoms with van der Waals surface area (Å²) in [5.74, 6) is 0.120. The van der Waals surface area contributed by atoms with Gasteiger partial charge in [-0.05, 0) is 66.5 Å². The van der Waals surface area contributed by atoms with E-state index in [2.05, 4.69) is 16.2 Å². The molecule has 1 aliphatic carbocycles. The summed E-state index contributed by atoms with van der Waals surface area (Å²) in [4.78, 5) is 12.2. The van der Waals surface area contributed by atoms with Crippen LogP contribution in [0.4, 0.5) is 5.69 Å². The van der Waals surface area contributed by atoms with E-state index in [0.717, 1.165) is 17.7 Å². The number of halogens is 2. The van der Waals surface area contributed by atoms with Crippen LogP contribution in [0.3, 0.4) is 0 Å². The van der Waals surface area contributed by atoms with Crippen LogP contribution in [0.5, 0.6) is 0 Å². The number of hydrogen-bond donors (Lipinski definition) is 3. The molecule has 0 aromatic heterocycles. The van der Waals surface area contributed by atoms with Crippen LogP contribution in [-0.2, 0) is 4.79 Å². The van der Waals surface area contributed by atoms with Crippen LogP contribution in [0.15, 0.2) is 48.5 Å². The van der Waals surface area contributed by atoms with Gasteiger partial charge in [0.05, 0.1) is 0 Å². The Bertz CT molecular complexity index is 749. The Labute approximate surface area is 155 Å². The lowest BCUT2D eigenvalue weighted by molar-refractivity contribution is -0.122. The zero-order chi connectivity index (χ0) is 17.1. The molecule has 4 nitrogen and oxygen atoms in total. The molecular formula is C17H15Cl2N3OS. The molecule has 24 heavy (non-hydrogen) atoms. The summed E-state index contributed by atoms with van der Waals surface area (Å²) in [5.41, 5.74) is 7.27. The Kier molecular flexibility index (Phi) is 5.23. The first-order chi connectivity index (χ1) is 11.5. The summed E-state index contributed by atoms with van der Waals surface area (Å²) >= 11 is 16.8. The molecule has 124 valence electrons. The van der Waals surface area contributed by atoms with Crippen LogP contribution in [0.2, 0.25) is 10.0 Å². The van der Waals surface area contributed by atoms with Crippen molar-refractivity contribution >= 4 is 52.1 Å². The fourth-order valence-electron chi connectivity index (χ4n) is 2.47. The number of benzene rings is 2. The minimum absolute atomic E-state index is 0.0444. The van der Waals surface area contributed by atoms with Gasteiger partial charge in [0.1, 0.15) is 0 Å². The second-order valence-corrected chi connectivity index (χ2v) is 6.86. The Morgan fingerprint density at radius 1 is 0.958 bits per heavy atom. The highest BCUT2D eigenvalue weighted by atomic mass is 35.5. The van der Waals surface area contributed by atoms with Gasteiger partial charge in [-0.15, -0.1) is 0 Å². The largest absolute Gasteiger partial charge is 0.331 e. The van der Waals surface area contributed by atoms with Crippen molar-refractivity contribution in [2.75, 3.05) is 5.32 Å². The second kappa shape index (κ2) is 7.38. The zero-order valence-electron chi connectivity index (χ0n) is 12.6. The predicted octanol–water partition coefficient (Wildman–Crippen LogP) is 4.11. The maximum atomic E-state index is 12.2. The summed E-state index contributed by atoms with van der Waals surface area (Å²) in [5, 5.41) is 4.62. The molecule has 0 aliphatic heterocycles. The molecule has 1 amide bonds. The van der Waals surface area contributed by atoms with Crippen LogP contribution in [-0.4, -0.2) is 11.0 Å². The van der Waals surface area contributed by atoms with Crippen LogP contribution >= 0.6 is 35.4 Å². The third kappa shape index (κ3) is 4.38. The Balaban J connectivity index is 1.45. The van der Waals surface area contributed by atoms with Crippen molar-refractivity contribution in [3.63, 3.8) is 0 Å². The summed E-state index contributed by atoms with van der Waals surface area (Å²) in [6, 6.07) is 14.7.